The lowest BCUT2D eigenvalue weighted by atomic mass is 10.1. The molecule has 0 spiro atoms. The van der Waals surface area contributed by atoms with Crippen molar-refractivity contribution in [1.29, 1.82) is 0 Å². The monoisotopic (exact) mass is 616 g/mol. The molecule has 0 N–H and O–H groups in total. The largest absolute Gasteiger partial charge is 0.416 e. The standard InChI is InChI=1S/C8H5F3O.C7H5ClO.C7H3F3O.C7H4F2O/c9-8(10,11)7-3-1-2-6(4-7)5-12;8-7-4-2-1-3-6(7)5-9;8-5-2-7(10)6(9)1-4(5)3-11;8-6-3-1-2-5(4-10)7(6)9/h1-5H;1-5H;1-3H;1-4H. The fourth-order valence-electron chi connectivity index (χ4n) is 2.60. The third kappa shape index (κ3) is 11.4. The maximum Gasteiger partial charge on any atom is 0.416 e. The molecule has 4 aromatic carbocycles. The van der Waals surface area contributed by atoms with Crippen LogP contribution >= 0.6 is 11.6 Å². The number of carbonyl (C=O) groups is 4. The van der Waals surface area contributed by atoms with Crippen LogP contribution in [0.15, 0.2) is 78.9 Å². The summed E-state index contributed by atoms with van der Waals surface area (Å²) < 4.78 is 97.4. The lowest BCUT2D eigenvalue weighted by molar-refractivity contribution is -0.137. The molecule has 0 amide bonds. The molecule has 0 saturated heterocycles. The Bertz CT molecular complexity index is 1520. The average molecular weight is 617 g/mol. The Labute approximate surface area is 238 Å². The number of benzene rings is 4. The van der Waals surface area contributed by atoms with E-state index in [-0.39, 0.29) is 23.7 Å². The predicted molar refractivity (Wildman–Crippen MR) is 137 cm³/mol. The topological polar surface area (TPSA) is 68.3 Å². The van der Waals surface area contributed by atoms with Gasteiger partial charge in [-0.05, 0) is 36.4 Å². The molecule has 4 aromatic rings. The SMILES string of the molecule is O=Cc1cc(F)c(F)cc1F.O=Cc1cccc(C(F)(F)F)c1.O=Cc1cccc(F)c1F.O=Cc1ccccc1Cl. The van der Waals surface area contributed by atoms with Gasteiger partial charge < -0.3 is 0 Å². The number of alkyl halides is 3. The van der Waals surface area contributed by atoms with Gasteiger partial charge in [0.25, 0.3) is 0 Å². The van der Waals surface area contributed by atoms with Gasteiger partial charge in [0.15, 0.2) is 42.1 Å². The van der Waals surface area contributed by atoms with E-state index in [0.29, 0.717) is 29.0 Å². The molecule has 0 bridgehead atoms. The average Bonchev–Trinajstić information content (AvgIpc) is 2.97. The van der Waals surface area contributed by atoms with Crippen LogP contribution in [0.2, 0.25) is 5.02 Å². The van der Waals surface area contributed by atoms with E-state index in [2.05, 4.69) is 0 Å². The van der Waals surface area contributed by atoms with Crippen LogP contribution in [0.1, 0.15) is 47.0 Å². The summed E-state index contributed by atoms with van der Waals surface area (Å²) >= 11 is 5.59. The van der Waals surface area contributed by atoms with Crippen LogP contribution in [0, 0.1) is 29.1 Å². The first-order valence-electron chi connectivity index (χ1n) is 11.1. The van der Waals surface area contributed by atoms with E-state index in [9.17, 15) is 54.3 Å². The summed E-state index contributed by atoms with van der Waals surface area (Å²) in [6.07, 6.45) is -2.85. The highest BCUT2D eigenvalue weighted by Gasteiger charge is 2.30. The number of aldehydes is 4. The number of carbonyl (C=O) groups excluding carboxylic acids is 4. The summed E-state index contributed by atoms with van der Waals surface area (Å²) in [5, 5.41) is 0.507. The highest BCUT2D eigenvalue weighted by Crippen LogP contribution is 2.29. The van der Waals surface area contributed by atoms with Gasteiger partial charge in [-0.2, -0.15) is 13.2 Å². The minimum atomic E-state index is -4.38. The van der Waals surface area contributed by atoms with Crippen LogP contribution in [0.4, 0.5) is 35.1 Å². The molecule has 0 aliphatic rings. The van der Waals surface area contributed by atoms with Gasteiger partial charge in [-0.15, -0.1) is 0 Å². The fraction of sp³-hybridized carbons (Fsp3) is 0.0345. The summed E-state index contributed by atoms with van der Waals surface area (Å²) in [6, 6.07) is 15.5. The normalized spacial score (nSPS) is 9.93. The van der Waals surface area contributed by atoms with Gasteiger partial charge in [0, 0.05) is 17.2 Å². The molecule has 42 heavy (non-hydrogen) atoms. The molecule has 0 aromatic heterocycles. The van der Waals surface area contributed by atoms with Crippen LogP contribution in [0.25, 0.3) is 0 Å². The van der Waals surface area contributed by atoms with Crippen molar-refractivity contribution in [3.8, 4) is 0 Å². The van der Waals surface area contributed by atoms with E-state index >= 15 is 0 Å². The third-order valence-electron chi connectivity index (χ3n) is 4.66. The van der Waals surface area contributed by atoms with E-state index < -0.39 is 46.4 Å². The second kappa shape index (κ2) is 17.2. The lowest BCUT2D eigenvalue weighted by Gasteiger charge is -2.05. The summed E-state index contributed by atoms with van der Waals surface area (Å²) in [5.41, 5.74) is -0.958. The molecule has 4 nitrogen and oxygen atoms in total. The van der Waals surface area contributed by atoms with Gasteiger partial charge in [-0.1, -0.05) is 48.0 Å². The molecular weight excluding hydrogens is 600 g/mol. The summed E-state index contributed by atoms with van der Waals surface area (Å²) in [4.78, 5) is 40.2. The molecule has 0 atom stereocenters. The van der Waals surface area contributed by atoms with Gasteiger partial charge in [-0.25, -0.2) is 22.0 Å². The third-order valence-corrected chi connectivity index (χ3v) is 5.00. The second-order valence-corrected chi connectivity index (χ2v) is 7.95. The summed E-state index contributed by atoms with van der Waals surface area (Å²) in [7, 11) is 0. The zero-order chi connectivity index (χ0) is 31.9. The molecule has 0 aliphatic heterocycles. The molecule has 0 heterocycles. The highest BCUT2D eigenvalue weighted by molar-refractivity contribution is 6.32. The maximum atomic E-state index is 12.4. The van der Waals surface area contributed by atoms with Crippen molar-refractivity contribution < 1.29 is 54.3 Å². The predicted octanol–water partition coefficient (Wildman–Crippen LogP) is 8.36. The highest BCUT2D eigenvalue weighted by atomic mass is 35.5. The van der Waals surface area contributed by atoms with Gasteiger partial charge in [0.1, 0.15) is 12.1 Å². The van der Waals surface area contributed by atoms with Crippen molar-refractivity contribution in [3.05, 3.63) is 141 Å². The van der Waals surface area contributed by atoms with Gasteiger partial charge in [0.05, 0.1) is 21.7 Å². The summed E-state index contributed by atoms with van der Waals surface area (Å²) in [5.74, 6) is -5.66. The van der Waals surface area contributed by atoms with Crippen molar-refractivity contribution in [2.75, 3.05) is 0 Å². The lowest BCUT2D eigenvalue weighted by Crippen LogP contribution is -2.04. The summed E-state index contributed by atoms with van der Waals surface area (Å²) in [6.45, 7) is 0. The molecular formula is C29H17ClF8O4. The van der Waals surface area contributed by atoms with Crippen molar-refractivity contribution in [1.82, 2.24) is 0 Å². The number of hydrogen-bond acceptors (Lipinski definition) is 4. The van der Waals surface area contributed by atoms with Crippen LogP contribution in [0.5, 0.6) is 0 Å². The first-order valence-corrected chi connectivity index (χ1v) is 11.5. The van der Waals surface area contributed by atoms with Gasteiger partial charge in [0.2, 0.25) is 0 Å². The zero-order valence-electron chi connectivity index (χ0n) is 20.8. The quantitative estimate of drug-likeness (QED) is 0.131. The van der Waals surface area contributed by atoms with Crippen molar-refractivity contribution in [2.45, 2.75) is 6.18 Å². The van der Waals surface area contributed by atoms with Crippen LogP contribution in [0.3, 0.4) is 0 Å². The van der Waals surface area contributed by atoms with E-state index in [1.54, 1.807) is 24.3 Å². The minimum Gasteiger partial charge on any atom is -0.298 e. The first kappa shape index (κ1) is 35.3. The Morgan fingerprint density at radius 1 is 0.524 bits per heavy atom. The minimum absolute atomic E-state index is 0.0322. The Kier molecular flexibility index (Phi) is 14.4. The molecule has 0 radical (unpaired) electrons. The second-order valence-electron chi connectivity index (χ2n) is 7.55. The molecule has 0 saturated carbocycles. The number of rotatable bonds is 4. The van der Waals surface area contributed by atoms with Crippen molar-refractivity contribution in [3.63, 3.8) is 0 Å². The Morgan fingerprint density at radius 2 is 1.07 bits per heavy atom. The molecule has 4 rings (SSSR count). The number of hydrogen-bond donors (Lipinski definition) is 0. The Hall–Kier alpha value is -4.71. The zero-order valence-corrected chi connectivity index (χ0v) is 21.6. The van der Waals surface area contributed by atoms with E-state index in [4.69, 9.17) is 11.6 Å². The first-order chi connectivity index (χ1) is 19.8. The molecule has 220 valence electrons. The van der Waals surface area contributed by atoms with Gasteiger partial charge >= 0.3 is 6.18 Å². The van der Waals surface area contributed by atoms with Gasteiger partial charge in [-0.3, -0.25) is 19.2 Å². The van der Waals surface area contributed by atoms with E-state index in [1.807, 2.05) is 0 Å². The smallest absolute Gasteiger partial charge is 0.298 e. The molecule has 0 aliphatic carbocycles. The van der Waals surface area contributed by atoms with Crippen LogP contribution in [-0.4, -0.2) is 25.1 Å². The van der Waals surface area contributed by atoms with Crippen LogP contribution in [-0.2, 0) is 6.18 Å². The van der Waals surface area contributed by atoms with Crippen molar-refractivity contribution in [2.24, 2.45) is 0 Å². The molecule has 0 unspecified atom stereocenters. The molecule has 13 heteroatoms. The maximum absolute atomic E-state index is 12.4. The molecule has 0 fully saturated rings. The number of halogens is 9. The Morgan fingerprint density at radius 3 is 1.57 bits per heavy atom. The van der Waals surface area contributed by atoms with E-state index in [0.717, 1.165) is 24.5 Å². The fourth-order valence-corrected chi connectivity index (χ4v) is 2.78. The van der Waals surface area contributed by atoms with E-state index in [1.165, 1.54) is 24.3 Å². The Balaban J connectivity index is 0.000000281. The van der Waals surface area contributed by atoms with Crippen LogP contribution < -0.4 is 0 Å². The van der Waals surface area contributed by atoms with Crippen molar-refractivity contribution >= 4 is 36.7 Å².